The van der Waals surface area contributed by atoms with E-state index in [9.17, 15) is 0 Å². The summed E-state index contributed by atoms with van der Waals surface area (Å²) in [5.41, 5.74) is 4.12. The molecule has 0 aliphatic carbocycles. The summed E-state index contributed by atoms with van der Waals surface area (Å²) < 4.78 is 0. The van der Waals surface area contributed by atoms with E-state index >= 15 is 0 Å². The van der Waals surface area contributed by atoms with Gasteiger partial charge in [0.2, 0.25) is 0 Å². The molecule has 1 fully saturated rings. The predicted molar refractivity (Wildman–Crippen MR) is 98.6 cm³/mol. The normalized spacial score (nSPS) is 16.1. The molecule has 0 unspecified atom stereocenters. The molecule has 0 atom stereocenters. The van der Waals surface area contributed by atoms with Gasteiger partial charge in [-0.15, -0.1) is 0 Å². The summed E-state index contributed by atoms with van der Waals surface area (Å²) in [5.74, 6) is 0.609. The fourth-order valence-electron chi connectivity index (χ4n) is 3.24. The van der Waals surface area contributed by atoms with Gasteiger partial charge in [0, 0.05) is 16.3 Å². The minimum atomic E-state index is 0.609. The number of quaternary nitrogens is 1. The number of hydrogen-bond acceptors (Lipinski definition) is 1. The molecule has 2 aromatic rings. The Morgan fingerprint density at radius 2 is 1.74 bits per heavy atom. The highest BCUT2D eigenvalue weighted by Crippen LogP contribution is 2.19. The Hall–Kier alpha value is -1.51. The first kappa shape index (κ1) is 16.4. The molecule has 1 heterocycles. The first-order chi connectivity index (χ1) is 11.1. The maximum Gasteiger partial charge on any atom is 0.103 e. The minimum Gasteiger partial charge on any atom is -0.360 e. The summed E-state index contributed by atoms with van der Waals surface area (Å²) in [6, 6.07) is 17.3. The van der Waals surface area contributed by atoms with Crippen molar-refractivity contribution in [1.82, 2.24) is 0 Å². The summed E-state index contributed by atoms with van der Waals surface area (Å²) in [7, 11) is 0. The van der Waals surface area contributed by atoms with Gasteiger partial charge in [0.05, 0.1) is 26.2 Å². The lowest BCUT2D eigenvalue weighted by Gasteiger charge is -2.33. The third-order valence-corrected chi connectivity index (χ3v) is 4.98. The Morgan fingerprint density at radius 3 is 2.35 bits per heavy atom. The number of nitrogens with zero attached hydrogens (tertiary/aromatic N) is 1. The molecule has 1 saturated heterocycles. The van der Waals surface area contributed by atoms with Crippen LogP contribution in [-0.2, 0) is 6.54 Å². The quantitative estimate of drug-likeness (QED) is 0.903. The molecule has 1 N–H and O–H groups in total. The Bertz CT molecular complexity index is 628. The number of piperazine rings is 1. The molecule has 3 heteroatoms. The van der Waals surface area contributed by atoms with Gasteiger partial charge < -0.3 is 9.80 Å². The van der Waals surface area contributed by atoms with E-state index in [1.165, 1.54) is 29.9 Å². The van der Waals surface area contributed by atoms with E-state index in [1.54, 1.807) is 4.90 Å². The average molecular weight is 330 g/mol. The summed E-state index contributed by atoms with van der Waals surface area (Å²) in [4.78, 5) is 4.11. The molecule has 0 spiro atoms. The van der Waals surface area contributed by atoms with Crippen molar-refractivity contribution in [2.75, 3.05) is 31.1 Å². The standard InChI is InChI=1S/C20H25ClN2/c1-16(2)18-8-6-17(7-9-18)15-22-10-12-23(13-11-22)20-5-3-4-19(21)14-20/h3-9,14,16H,10-13,15H2,1-2H3/p+1. The highest BCUT2D eigenvalue weighted by atomic mass is 35.5. The van der Waals surface area contributed by atoms with Crippen LogP contribution in [0.15, 0.2) is 48.5 Å². The van der Waals surface area contributed by atoms with Crippen LogP contribution in [0.2, 0.25) is 5.02 Å². The first-order valence-electron chi connectivity index (χ1n) is 8.55. The van der Waals surface area contributed by atoms with Crippen LogP contribution >= 0.6 is 11.6 Å². The number of rotatable bonds is 4. The highest BCUT2D eigenvalue weighted by molar-refractivity contribution is 6.30. The van der Waals surface area contributed by atoms with E-state index in [4.69, 9.17) is 11.6 Å². The monoisotopic (exact) mass is 329 g/mol. The van der Waals surface area contributed by atoms with Crippen LogP contribution in [0.1, 0.15) is 30.9 Å². The van der Waals surface area contributed by atoms with Crippen molar-refractivity contribution in [1.29, 1.82) is 0 Å². The molecule has 0 bridgehead atoms. The van der Waals surface area contributed by atoms with Crippen LogP contribution < -0.4 is 9.80 Å². The number of halogens is 1. The second-order valence-corrected chi connectivity index (χ2v) is 7.23. The van der Waals surface area contributed by atoms with E-state index in [0.717, 1.165) is 24.7 Å². The van der Waals surface area contributed by atoms with Crippen molar-refractivity contribution in [2.45, 2.75) is 26.3 Å². The number of hydrogen-bond donors (Lipinski definition) is 1. The van der Waals surface area contributed by atoms with Gasteiger partial charge in [-0.25, -0.2) is 0 Å². The van der Waals surface area contributed by atoms with Crippen molar-refractivity contribution in [3.05, 3.63) is 64.7 Å². The molecule has 0 saturated carbocycles. The molecule has 2 aromatic carbocycles. The number of benzene rings is 2. The smallest absolute Gasteiger partial charge is 0.103 e. The third kappa shape index (κ3) is 4.27. The van der Waals surface area contributed by atoms with Gasteiger partial charge in [-0.2, -0.15) is 0 Å². The van der Waals surface area contributed by atoms with Crippen LogP contribution in [-0.4, -0.2) is 26.2 Å². The number of anilines is 1. The van der Waals surface area contributed by atoms with Gasteiger partial charge in [-0.3, -0.25) is 0 Å². The maximum atomic E-state index is 6.10. The van der Waals surface area contributed by atoms with E-state index < -0.39 is 0 Å². The van der Waals surface area contributed by atoms with E-state index in [1.807, 2.05) is 12.1 Å². The summed E-state index contributed by atoms with van der Waals surface area (Å²) in [5, 5.41) is 0.822. The van der Waals surface area contributed by atoms with Crippen molar-refractivity contribution in [3.8, 4) is 0 Å². The maximum absolute atomic E-state index is 6.10. The van der Waals surface area contributed by atoms with Crippen LogP contribution in [0.3, 0.4) is 0 Å². The minimum absolute atomic E-state index is 0.609. The predicted octanol–water partition coefficient (Wildman–Crippen LogP) is 3.37. The topological polar surface area (TPSA) is 7.68 Å². The average Bonchev–Trinajstić information content (AvgIpc) is 2.56. The number of nitrogens with one attached hydrogen (secondary N) is 1. The van der Waals surface area contributed by atoms with Crippen LogP contribution in [0.5, 0.6) is 0 Å². The molecule has 23 heavy (non-hydrogen) atoms. The van der Waals surface area contributed by atoms with Gasteiger partial charge in [0.1, 0.15) is 6.54 Å². The molecule has 0 radical (unpaired) electrons. The van der Waals surface area contributed by atoms with Crippen molar-refractivity contribution >= 4 is 17.3 Å². The van der Waals surface area contributed by atoms with E-state index in [0.29, 0.717) is 5.92 Å². The summed E-state index contributed by atoms with van der Waals surface area (Å²) in [6.45, 7) is 10.2. The molecule has 122 valence electrons. The van der Waals surface area contributed by atoms with Crippen molar-refractivity contribution < 1.29 is 4.90 Å². The second-order valence-electron chi connectivity index (χ2n) is 6.79. The van der Waals surface area contributed by atoms with E-state index in [-0.39, 0.29) is 0 Å². The van der Waals surface area contributed by atoms with Crippen LogP contribution in [0, 0.1) is 0 Å². The van der Waals surface area contributed by atoms with Crippen LogP contribution in [0.4, 0.5) is 5.69 Å². The fourth-order valence-corrected chi connectivity index (χ4v) is 3.42. The molecule has 1 aliphatic rings. The molecular formula is C20H26ClN2+. The summed E-state index contributed by atoms with van der Waals surface area (Å²) >= 11 is 6.10. The Morgan fingerprint density at radius 1 is 1.04 bits per heavy atom. The highest BCUT2D eigenvalue weighted by Gasteiger charge is 2.20. The van der Waals surface area contributed by atoms with Crippen LogP contribution in [0.25, 0.3) is 0 Å². The molecule has 0 amide bonds. The molecular weight excluding hydrogens is 304 g/mol. The van der Waals surface area contributed by atoms with Gasteiger partial charge in [0.15, 0.2) is 0 Å². The van der Waals surface area contributed by atoms with Crippen molar-refractivity contribution in [3.63, 3.8) is 0 Å². The van der Waals surface area contributed by atoms with Gasteiger partial charge in [-0.05, 0) is 29.7 Å². The molecule has 0 aromatic heterocycles. The SMILES string of the molecule is CC(C)c1ccc(C[NH+]2CCN(c3cccc(Cl)c3)CC2)cc1. The van der Waals surface area contributed by atoms with E-state index in [2.05, 4.69) is 55.1 Å². The zero-order chi connectivity index (χ0) is 16.2. The lowest BCUT2D eigenvalue weighted by atomic mass is 10.0. The second kappa shape index (κ2) is 7.37. The van der Waals surface area contributed by atoms with Gasteiger partial charge in [-0.1, -0.05) is 55.8 Å². The lowest BCUT2D eigenvalue weighted by Crippen LogP contribution is -3.13. The third-order valence-electron chi connectivity index (χ3n) is 4.74. The first-order valence-corrected chi connectivity index (χ1v) is 8.92. The molecule has 3 rings (SSSR count). The largest absolute Gasteiger partial charge is 0.360 e. The zero-order valence-electron chi connectivity index (χ0n) is 14.1. The Labute approximate surface area is 144 Å². The van der Waals surface area contributed by atoms with Crippen molar-refractivity contribution in [2.24, 2.45) is 0 Å². The Kier molecular flexibility index (Phi) is 5.24. The summed E-state index contributed by atoms with van der Waals surface area (Å²) in [6.07, 6.45) is 0. The zero-order valence-corrected chi connectivity index (χ0v) is 14.8. The van der Waals surface area contributed by atoms with Gasteiger partial charge in [0.25, 0.3) is 0 Å². The Balaban J connectivity index is 1.55. The lowest BCUT2D eigenvalue weighted by molar-refractivity contribution is -0.914. The van der Waals surface area contributed by atoms with Gasteiger partial charge >= 0.3 is 0 Å². The fraction of sp³-hybridized carbons (Fsp3) is 0.400. The molecule has 1 aliphatic heterocycles. The molecule has 2 nitrogen and oxygen atoms in total.